The molecule has 0 aliphatic rings. The summed E-state index contributed by atoms with van der Waals surface area (Å²) in [6, 6.07) is 11.6. The Hall–Kier alpha value is -2.04. The van der Waals surface area contributed by atoms with Crippen LogP contribution in [0.1, 0.15) is 28.7 Å². The minimum absolute atomic E-state index is 0.757. The third-order valence-corrected chi connectivity index (χ3v) is 3.91. The van der Waals surface area contributed by atoms with E-state index >= 15 is 0 Å². The van der Waals surface area contributed by atoms with Gasteiger partial charge in [0.15, 0.2) is 6.23 Å². The van der Waals surface area contributed by atoms with Crippen LogP contribution < -0.4 is 5.32 Å². The van der Waals surface area contributed by atoms with E-state index < -0.39 is 6.23 Å². The third-order valence-electron chi connectivity index (χ3n) is 3.64. The van der Waals surface area contributed by atoms with E-state index in [1.54, 1.807) is 0 Å². The zero-order valence-corrected chi connectivity index (χ0v) is 15.0. The minimum atomic E-state index is -0.824. The van der Waals surface area contributed by atoms with Gasteiger partial charge in [-0.05, 0) is 54.2 Å². The van der Waals surface area contributed by atoms with Gasteiger partial charge in [0.05, 0.1) is 0 Å². The molecule has 0 bridgehead atoms. The first-order chi connectivity index (χ1) is 11.1. The molecule has 0 saturated carbocycles. The first-order valence-corrected chi connectivity index (χ1v) is 8.28. The van der Waals surface area contributed by atoms with Crippen molar-refractivity contribution in [3.8, 4) is 9.85 Å². The molecule has 1 atom stereocenters. The Morgan fingerprint density at radius 1 is 1.22 bits per heavy atom. The lowest BCUT2D eigenvalue weighted by atomic mass is 10.2. The summed E-state index contributed by atoms with van der Waals surface area (Å²) < 4.78 is 4.81. The number of aryl methyl sites for hydroxylation is 2. The van der Waals surface area contributed by atoms with Crippen LogP contribution in [-0.4, -0.2) is 14.5 Å². The molecule has 1 unspecified atom stereocenters. The van der Waals surface area contributed by atoms with Gasteiger partial charge in [-0.15, -0.1) is 0 Å². The molecule has 0 spiro atoms. The van der Waals surface area contributed by atoms with Crippen LogP contribution in [0.5, 0.6) is 0 Å². The predicted octanol–water partition coefficient (Wildman–Crippen LogP) is 3.80. The summed E-state index contributed by atoms with van der Waals surface area (Å²) in [5.74, 6) is 2.99. The highest BCUT2D eigenvalue weighted by Crippen LogP contribution is 2.23. The largest absolute Gasteiger partial charge is 0.369 e. The molecule has 0 radical (unpaired) electrons. The summed E-state index contributed by atoms with van der Waals surface area (Å²) in [4.78, 5) is 4.54. The number of hydrogen-bond donors (Lipinski definition) is 2. The number of halogens is 1. The minimum Gasteiger partial charge on any atom is -0.369 e. The van der Waals surface area contributed by atoms with Crippen molar-refractivity contribution >= 4 is 33.9 Å². The highest BCUT2D eigenvalue weighted by Gasteiger charge is 2.14. The summed E-state index contributed by atoms with van der Waals surface area (Å²) in [7, 11) is 0. The fraction of sp³-hybridized carbons (Fsp3) is 0.167. The number of nitrogens with one attached hydrogen (secondary N) is 1. The van der Waals surface area contributed by atoms with Gasteiger partial charge in [0.2, 0.25) is 0 Å². The average Bonchev–Trinajstić information content (AvgIpc) is 2.93. The highest BCUT2D eigenvalue weighted by molar-refractivity contribution is 14.1. The van der Waals surface area contributed by atoms with E-state index in [0.717, 1.165) is 33.8 Å². The van der Waals surface area contributed by atoms with E-state index in [9.17, 15) is 5.11 Å². The topological polar surface area (TPSA) is 49.6 Å². The van der Waals surface area contributed by atoms with Crippen LogP contribution in [0.15, 0.2) is 42.6 Å². The van der Waals surface area contributed by atoms with E-state index in [-0.39, 0.29) is 0 Å². The lowest BCUT2D eigenvalue weighted by Gasteiger charge is -2.14. The molecule has 0 aliphatic heterocycles. The SMILES string of the molecule is Cc1cc(C)n2ccc(C(O)Nc3ccc(C#CI)cc3)c2n1. The number of aromatic nitrogens is 2. The quantitative estimate of drug-likeness (QED) is 0.387. The van der Waals surface area contributed by atoms with Crippen LogP contribution in [-0.2, 0) is 0 Å². The van der Waals surface area contributed by atoms with Crippen LogP contribution in [0.2, 0.25) is 0 Å². The third kappa shape index (κ3) is 3.33. The van der Waals surface area contributed by atoms with Crippen molar-refractivity contribution in [1.29, 1.82) is 0 Å². The van der Waals surface area contributed by atoms with Gasteiger partial charge in [0, 0.05) is 57.0 Å². The smallest absolute Gasteiger partial charge is 0.154 e. The van der Waals surface area contributed by atoms with E-state index in [4.69, 9.17) is 0 Å². The Bertz CT molecular complexity index is 904. The Morgan fingerprint density at radius 2 is 1.96 bits per heavy atom. The summed E-state index contributed by atoms with van der Waals surface area (Å²) in [6.07, 6.45) is 1.10. The van der Waals surface area contributed by atoms with E-state index in [1.165, 1.54) is 0 Å². The lowest BCUT2D eigenvalue weighted by molar-refractivity contribution is 0.209. The van der Waals surface area contributed by atoms with Gasteiger partial charge in [0.1, 0.15) is 5.65 Å². The fourth-order valence-corrected chi connectivity index (χ4v) is 2.88. The molecular formula is C18H16IN3O. The van der Waals surface area contributed by atoms with Crippen molar-refractivity contribution in [2.45, 2.75) is 20.1 Å². The molecule has 0 aliphatic carbocycles. The summed E-state index contributed by atoms with van der Waals surface area (Å²) in [5.41, 5.74) is 5.33. The summed E-state index contributed by atoms with van der Waals surface area (Å²) >= 11 is 2.01. The molecule has 0 saturated heterocycles. The van der Waals surface area contributed by atoms with Crippen LogP contribution in [0.4, 0.5) is 5.69 Å². The van der Waals surface area contributed by atoms with Crippen molar-refractivity contribution in [2.75, 3.05) is 5.32 Å². The van der Waals surface area contributed by atoms with Crippen molar-refractivity contribution in [2.24, 2.45) is 0 Å². The second-order valence-electron chi connectivity index (χ2n) is 5.35. The number of fused-ring (bicyclic) bond motifs is 1. The predicted molar refractivity (Wildman–Crippen MR) is 101 cm³/mol. The molecule has 3 aromatic rings. The van der Waals surface area contributed by atoms with Crippen molar-refractivity contribution in [1.82, 2.24) is 9.38 Å². The zero-order chi connectivity index (χ0) is 16.4. The second-order valence-corrected chi connectivity index (χ2v) is 5.89. The monoisotopic (exact) mass is 417 g/mol. The molecule has 2 aromatic heterocycles. The molecule has 3 rings (SSSR count). The van der Waals surface area contributed by atoms with Gasteiger partial charge in [-0.3, -0.25) is 0 Å². The summed E-state index contributed by atoms with van der Waals surface area (Å²) in [6.45, 7) is 3.98. The Labute approximate surface area is 148 Å². The number of aliphatic hydroxyl groups is 1. The van der Waals surface area contributed by atoms with Gasteiger partial charge in [-0.1, -0.05) is 5.92 Å². The van der Waals surface area contributed by atoms with Crippen LogP contribution in [0.25, 0.3) is 5.65 Å². The number of rotatable bonds is 3. The maximum atomic E-state index is 10.5. The first kappa shape index (κ1) is 15.8. The lowest BCUT2D eigenvalue weighted by Crippen LogP contribution is -2.10. The Kier molecular flexibility index (Phi) is 4.55. The van der Waals surface area contributed by atoms with E-state index in [1.807, 2.05) is 83.4 Å². The number of benzene rings is 1. The zero-order valence-electron chi connectivity index (χ0n) is 12.8. The molecule has 2 N–H and O–H groups in total. The van der Waals surface area contributed by atoms with Gasteiger partial charge >= 0.3 is 0 Å². The number of nitrogens with zero attached hydrogens (tertiary/aromatic N) is 2. The first-order valence-electron chi connectivity index (χ1n) is 7.20. The molecule has 23 heavy (non-hydrogen) atoms. The molecule has 2 heterocycles. The summed E-state index contributed by atoms with van der Waals surface area (Å²) in [5, 5.41) is 13.6. The van der Waals surface area contributed by atoms with Gasteiger partial charge < -0.3 is 14.8 Å². The van der Waals surface area contributed by atoms with Crippen molar-refractivity contribution in [3.05, 3.63) is 65.1 Å². The highest BCUT2D eigenvalue weighted by atomic mass is 127. The second kappa shape index (κ2) is 6.60. The molecular weight excluding hydrogens is 401 g/mol. The van der Waals surface area contributed by atoms with Gasteiger partial charge in [0.25, 0.3) is 0 Å². The maximum absolute atomic E-state index is 10.5. The van der Waals surface area contributed by atoms with Crippen LogP contribution in [0.3, 0.4) is 0 Å². The Morgan fingerprint density at radius 3 is 2.65 bits per heavy atom. The van der Waals surface area contributed by atoms with Crippen LogP contribution >= 0.6 is 22.6 Å². The average molecular weight is 417 g/mol. The van der Waals surface area contributed by atoms with E-state index in [2.05, 4.69) is 20.1 Å². The van der Waals surface area contributed by atoms with Gasteiger partial charge in [-0.25, -0.2) is 4.98 Å². The number of anilines is 1. The standard InChI is InChI=1S/C18H16IN3O/c1-12-11-13(2)22-10-8-16(17(22)20-12)18(23)21-15-5-3-14(4-6-15)7-9-19/h3-6,8,10-11,18,21,23H,1-2H3. The molecule has 1 aromatic carbocycles. The maximum Gasteiger partial charge on any atom is 0.154 e. The van der Waals surface area contributed by atoms with Crippen LogP contribution in [0, 0.1) is 23.7 Å². The normalized spacial score (nSPS) is 11.8. The van der Waals surface area contributed by atoms with E-state index in [0.29, 0.717) is 0 Å². The van der Waals surface area contributed by atoms with Gasteiger partial charge in [-0.2, -0.15) is 0 Å². The van der Waals surface area contributed by atoms with Crippen molar-refractivity contribution in [3.63, 3.8) is 0 Å². The molecule has 5 heteroatoms. The Balaban J connectivity index is 1.88. The number of aliphatic hydroxyl groups excluding tert-OH is 1. The molecule has 0 fully saturated rings. The molecule has 116 valence electrons. The molecule has 4 nitrogen and oxygen atoms in total. The fourth-order valence-electron chi connectivity index (χ4n) is 2.57. The number of hydrogen-bond acceptors (Lipinski definition) is 3. The van der Waals surface area contributed by atoms with Crippen molar-refractivity contribution < 1.29 is 5.11 Å². The molecule has 0 amide bonds.